The Balaban J connectivity index is 2.61. The molecule has 0 spiro atoms. The lowest BCUT2D eigenvalue weighted by atomic mass is 10.1. The van der Waals surface area contributed by atoms with Crippen molar-refractivity contribution in [3.63, 3.8) is 0 Å². The fraction of sp³-hybridized carbons (Fsp3) is 0.667. The average molecular weight is 221 g/mol. The Morgan fingerprint density at radius 1 is 1.53 bits per heavy atom. The Morgan fingerprint density at radius 3 is 2.60 bits per heavy atom. The number of nitrogens with zero attached hydrogens (tertiary/aromatic N) is 2. The quantitative estimate of drug-likeness (QED) is 0.843. The lowest BCUT2D eigenvalue weighted by molar-refractivity contribution is -0.136. The zero-order valence-corrected chi connectivity index (χ0v) is 8.67. The van der Waals surface area contributed by atoms with Crippen LogP contribution in [0.2, 0.25) is 0 Å². The summed E-state index contributed by atoms with van der Waals surface area (Å²) in [4.78, 5) is 3.88. The monoisotopic (exact) mass is 221 g/mol. The van der Waals surface area contributed by atoms with Crippen LogP contribution >= 0.6 is 0 Å². The van der Waals surface area contributed by atoms with Crippen molar-refractivity contribution in [3.05, 3.63) is 18.2 Å². The topological polar surface area (TPSA) is 29.9 Å². The molecule has 0 amide bonds. The van der Waals surface area contributed by atoms with Gasteiger partial charge in [0.15, 0.2) is 0 Å². The predicted octanol–water partition coefficient (Wildman–Crippen LogP) is 2.02. The zero-order chi connectivity index (χ0) is 11.5. The molecular formula is C9H14F3N3. The molecule has 0 radical (unpaired) electrons. The van der Waals surface area contributed by atoms with Crippen LogP contribution in [0.4, 0.5) is 13.2 Å². The molecule has 1 heterocycles. The second-order valence-corrected chi connectivity index (χ2v) is 3.42. The summed E-state index contributed by atoms with van der Waals surface area (Å²) in [6, 6.07) is -0.306. The molecule has 3 nitrogen and oxygen atoms in total. The Hall–Kier alpha value is -1.04. The summed E-state index contributed by atoms with van der Waals surface area (Å²) in [5.74, 6) is 0. The molecule has 6 heteroatoms. The standard InChI is InChI=1S/C9H14F3N3/c1-13-7(3-4-9(10,11)12)8-5-14-6-15(8)2/h5-7,13H,3-4H2,1-2H3. The number of hydrogen-bond acceptors (Lipinski definition) is 2. The van der Waals surface area contributed by atoms with E-state index in [1.807, 2.05) is 0 Å². The van der Waals surface area contributed by atoms with Gasteiger partial charge in [0, 0.05) is 25.7 Å². The third-order valence-electron chi connectivity index (χ3n) is 2.28. The smallest absolute Gasteiger partial charge is 0.336 e. The molecule has 1 aromatic rings. The molecule has 1 aromatic heterocycles. The van der Waals surface area contributed by atoms with E-state index in [0.29, 0.717) is 0 Å². The van der Waals surface area contributed by atoms with Gasteiger partial charge in [-0.2, -0.15) is 13.2 Å². The molecule has 0 aromatic carbocycles. The fourth-order valence-electron chi connectivity index (χ4n) is 1.45. The maximum absolute atomic E-state index is 12.0. The van der Waals surface area contributed by atoms with E-state index in [4.69, 9.17) is 0 Å². The molecule has 0 aliphatic rings. The third-order valence-corrected chi connectivity index (χ3v) is 2.28. The predicted molar refractivity (Wildman–Crippen MR) is 50.3 cm³/mol. The zero-order valence-electron chi connectivity index (χ0n) is 8.67. The molecule has 1 N–H and O–H groups in total. The van der Waals surface area contributed by atoms with E-state index in [1.54, 1.807) is 31.2 Å². The number of aromatic nitrogens is 2. The van der Waals surface area contributed by atoms with Crippen LogP contribution in [0.1, 0.15) is 24.6 Å². The molecule has 0 bridgehead atoms. The van der Waals surface area contributed by atoms with Gasteiger partial charge in [-0.05, 0) is 13.5 Å². The van der Waals surface area contributed by atoms with Gasteiger partial charge >= 0.3 is 6.18 Å². The molecule has 0 fully saturated rings. The van der Waals surface area contributed by atoms with Crippen molar-refractivity contribution in [2.75, 3.05) is 7.05 Å². The van der Waals surface area contributed by atoms with Crippen LogP contribution in [0.25, 0.3) is 0 Å². The molecular weight excluding hydrogens is 207 g/mol. The van der Waals surface area contributed by atoms with Crippen LogP contribution in [0.5, 0.6) is 0 Å². The lowest BCUT2D eigenvalue weighted by Gasteiger charge is -2.17. The van der Waals surface area contributed by atoms with E-state index in [0.717, 1.165) is 5.69 Å². The van der Waals surface area contributed by atoms with E-state index in [-0.39, 0.29) is 12.5 Å². The van der Waals surface area contributed by atoms with E-state index in [9.17, 15) is 13.2 Å². The summed E-state index contributed by atoms with van der Waals surface area (Å²) in [7, 11) is 3.41. The van der Waals surface area contributed by atoms with Crippen LogP contribution in [0.3, 0.4) is 0 Å². The Morgan fingerprint density at radius 2 is 2.20 bits per heavy atom. The summed E-state index contributed by atoms with van der Waals surface area (Å²) in [6.07, 6.45) is -1.71. The van der Waals surface area contributed by atoms with Crippen LogP contribution in [-0.4, -0.2) is 22.8 Å². The van der Waals surface area contributed by atoms with E-state index < -0.39 is 12.6 Å². The highest BCUT2D eigenvalue weighted by Gasteiger charge is 2.28. The van der Waals surface area contributed by atoms with E-state index in [2.05, 4.69) is 10.3 Å². The van der Waals surface area contributed by atoms with Crippen molar-refractivity contribution in [1.82, 2.24) is 14.9 Å². The molecule has 1 rings (SSSR count). The van der Waals surface area contributed by atoms with Gasteiger partial charge in [-0.3, -0.25) is 0 Å². The first-order valence-corrected chi connectivity index (χ1v) is 4.64. The summed E-state index contributed by atoms with van der Waals surface area (Å²) >= 11 is 0. The van der Waals surface area contributed by atoms with E-state index in [1.165, 1.54) is 0 Å². The largest absolute Gasteiger partial charge is 0.389 e. The minimum atomic E-state index is -4.10. The van der Waals surface area contributed by atoms with Gasteiger partial charge in [-0.15, -0.1) is 0 Å². The molecule has 0 aliphatic carbocycles. The van der Waals surface area contributed by atoms with E-state index >= 15 is 0 Å². The Bertz CT molecular complexity index is 306. The number of halogens is 3. The van der Waals surface area contributed by atoms with Gasteiger partial charge < -0.3 is 9.88 Å². The highest BCUT2D eigenvalue weighted by Crippen LogP contribution is 2.26. The first-order chi connectivity index (χ1) is 6.94. The Kier molecular flexibility index (Phi) is 3.73. The highest BCUT2D eigenvalue weighted by molar-refractivity contribution is 5.04. The molecule has 86 valence electrons. The summed E-state index contributed by atoms with van der Waals surface area (Å²) in [5, 5.41) is 2.86. The van der Waals surface area contributed by atoms with Gasteiger partial charge in [0.05, 0.1) is 12.0 Å². The van der Waals surface area contributed by atoms with Crippen molar-refractivity contribution < 1.29 is 13.2 Å². The fourth-order valence-corrected chi connectivity index (χ4v) is 1.45. The molecule has 15 heavy (non-hydrogen) atoms. The lowest BCUT2D eigenvalue weighted by Crippen LogP contribution is -2.21. The minimum absolute atomic E-state index is 0.0273. The summed E-state index contributed by atoms with van der Waals surface area (Å²) in [6.45, 7) is 0. The van der Waals surface area contributed by atoms with Crippen LogP contribution in [-0.2, 0) is 7.05 Å². The number of aryl methyl sites for hydroxylation is 1. The molecule has 0 aliphatic heterocycles. The van der Waals surface area contributed by atoms with Gasteiger partial charge in [0.1, 0.15) is 0 Å². The van der Waals surface area contributed by atoms with Gasteiger partial charge in [-0.25, -0.2) is 4.98 Å². The van der Waals surface area contributed by atoms with Crippen LogP contribution < -0.4 is 5.32 Å². The maximum Gasteiger partial charge on any atom is 0.389 e. The summed E-state index contributed by atoms with van der Waals surface area (Å²) in [5.41, 5.74) is 0.766. The minimum Gasteiger partial charge on any atom is -0.336 e. The van der Waals surface area contributed by atoms with Gasteiger partial charge in [0.2, 0.25) is 0 Å². The second-order valence-electron chi connectivity index (χ2n) is 3.42. The molecule has 0 saturated heterocycles. The Labute approximate surface area is 86.3 Å². The van der Waals surface area contributed by atoms with Crippen molar-refractivity contribution in [2.24, 2.45) is 7.05 Å². The normalized spacial score (nSPS) is 14.2. The second kappa shape index (κ2) is 4.65. The number of imidazole rings is 1. The van der Waals surface area contributed by atoms with Crippen molar-refractivity contribution in [3.8, 4) is 0 Å². The maximum atomic E-state index is 12.0. The molecule has 0 saturated carbocycles. The van der Waals surface area contributed by atoms with Crippen molar-refractivity contribution >= 4 is 0 Å². The van der Waals surface area contributed by atoms with Crippen LogP contribution in [0, 0.1) is 0 Å². The SMILES string of the molecule is CNC(CCC(F)(F)F)c1cncn1C. The first kappa shape index (κ1) is 12.0. The highest BCUT2D eigenvalue weighted by atomic mass is 19.4. The molecule has 1 unspecified atom stereocenters. The number of nitrogens with one attached hydrogen (secondary N) is 1. The van der Waals surface area contributed by atoms with Crippen molar-refractivity contribution in [1.29, 1.82) is 0 Å². The average Bonchev–Trinajstić information content (AvgIpc) is 2.52. The number of alkyl halides is 3. The van der Waals surface area contributed by atoms with Crippen molar-refractivity contribution in [2.45, 2.75) is 25.1 Å². The third kappa shape index (κ3) is 3.54. The summed E-state index contributed by atoms with van der Waals surface area (Å²) < 4.78 is 37.9. The van der Waals surface area contributed by atoms with Gasteiger partial charge in [-0.1, -0.05) is 0 Å². The first-order valence-electron chi connectivity index (χ1n) is 4.64. The van der Waals surface area contributed by atoms with Crippen LogP contribution in [0.15, 0.2) is 12.5 Å². The molecule has 1 atom stereocenters. The van der Waals surface area contributed by atoms with Gasteiger partial charge in [0.25, 0.3) is 0 Å². The number of hydrogen-bond donors (Lipinski definition) is 1. The number of rotatable bonds is 4.